The molecule has 10 aromatic rings. The summed E-state index contributed by atoms with van der Waals surface area (Å²) in [7, 11) is 0. The number of furan rings is 1. The molecule has 0 saturated carbocycles. The van der Waals surface area contributed by atoms with Gasteiger partial charge in [0, 0.05) is 38.6 Å². The van der Waals surface area contributed by atoms with Crippen molar-refractivity contribution in [3.05, 3.63) is 182 Å². The Morgan fingerprint density at radius 2 is 1.10 bits per heavy atom. The summed E-state index contributed by atoms with van der Waals surface area (Å²) in [6.45, 7) is 0. The van der Waals surface area contributed by atoms with Gasteiger partial charge in [0.25, 0.3) is 0 Å². The maximum absolute atomic E-state index is 6.24. The Balaban J connectivity index is 1.25. The summed E-state index contributed by atoms with van der Waals surface area (Å²) in [5, 5.41) is 7.09. The summed E-state index contributed by atoms with van der Waals surface area (Å²) in [6.07, 6.45) is 0. The van der Waals surface area contributed by atoms with E-state index in [1.807, 2.05) is 12.1 Å². The lowest BCUT2D eigenvalue weighted by Gasteiger charge is -2.27. The summed E-state index contributed by atoms with van der Waals surface area (Å²) in [5.41, 5.74) is 11.0. The topological polar surface area (TPSA) is 21.3 Å². The SMILES string of the molecule is c1ccc(-c2ccc(N(c3ccc4c(ccc5oc6ccccc6c54)c3)c3cccc4c5ccccc5n(-c5ccccc5)c34)cc2)cc1. The van der Waals surface area contributed by atoms with Gasteiger partial charge in [-0.2, -0.15) is 0 Å². The van der Waals surface area contributed by atoms with E-state index < -0.39 is 0 Å². The minimum absolute atomic E-state index is 0.909. The number of para-hydroxylation sites is 4. The predicted molar refractivity (Wildman–Crippen MR) is 206 cm³/mol. The molecule has 10 rings (SSSR count). The van der Waals surface area contributed by atoms with Crippen LogP contribution in [0.4, 0.5) is 17.1 Å². The normalized spacial score (nSPS) is 11.7. The first-order valence-electron chi connectivity index (χ1n) is 16.7. The number of hydrogen-bond acceptors (Lipinski definition) is 2. The van der Waals surface area contributed by atoms with Gasteiger partial charge in [0.2, 0.25) is 0 Å². The van der Waals surface area contributed by atoms with E-state index in [9.17, 15) is 0 Å². The van der Waals surface area contributed by atoms with Gasteiger partial charge in [-0.05, 0) is 82.6 Å². The van der Waals surface area contributed by atoms with Crippen LogP contribution in [0.5, 0.6) is 0 Å². The first kappa shape index (κ1) is 27.5. The molecule has 0 aliphatic rings. The Morgan fingerprint density at radius 1 is 0.429 bits per heavy atom. The Kier molecular flexibility index (Phi) is 6.18. The average Bonchev–Trinajstić information content (AvgIpc) is 3.73. The minimum atomic E-state index is 0.909. The van der Waals surface area contributed by atoms with Crippen molar-refractivity contribution in [3.63, 3.8) is 0 Å². The maximum Gasteiger partial charge on any atom is 0.136 e. The minimum Gasteiger partial charge on any atom is -0.456 e. The summed E-state index contributed by atoms with van der Waals surface area (Å²) in [5.74, 6) is 0. The Morgan fingerprint density at radius 3 is 1.94 bits per heavy atom. The van der Waals surface area contributed by atoms with Gasteiger partial charge in [0.15, 0.2) is 0 Å². The first-order chi connectivity index (χ1) is 24.3. The second kappa shape index (κ2) is 11.0. The van der Waals surface area contributed by atoms with Crippen LogP contribution in [-0.4, -0.2) is 4.57 Å². The van der Waals surface area contributed by atoms with E-state index in [1.165, 1.54) is 43.7 Å². The van der Waals surface area contributed by atoms with Crippen LogP contribution in [0.2, 0.25) is 0 Å². The third-order valence-electron chi connectivity index (χ3n) is 9.76. The second-order valence-electron chi connectivity index (χ2n) is 12.6. The molecule has 49 heavy (non-hydrogen) atoms. The molecule has 0 aliphatic carbocycles. The second-order valence-corrected chi connectivity index (χ2v) is 12.6. The largest absolute Gasteiger partial charge is 0.456 e. The molecule has 3 heteroatoms. The zero-order chi connectivity index (χ0) is 32.3. The molecule has 0 N–H and O–H groups in total. The number of benzene rings is 8. The van der Waals surface area contributed by atoms with Gasteiger partial charge in [-0.25, -0.2) is 0 Å². The highest BCUT2D eigenvalue weighted by Gasteiger charge is 2.22. The third kappa shape index (κ3) is 4.37. The summed E-state index contributed by atoms with van der Waals surface area (Å²) in [4.78, 5) is 2.41. The molecule has 0 radical (unpaired) electrons. The molecule has 2 heterocycles. The van der Waals surface area contributed by atoms with Crippen LogP contribution in [0.15, 0.2) is 186 Å². The summed E-state index contributed by atoms with van der Waals surface area (Å²) >= 11 is 0. The molecule has 0 amide bonds. The van der Waals surface area contributed by atoms with E-state index >= 15 is 0 Å². The fourth-order valence-electron chi connectivity index (χ4n) is 7.57. The van der Waals surface area contributed by atoms with Crippen LogP contribution in [0.25, 0.3) is 71.3 Å². The zero-order valence-corrected chi connectivity index (χ0v) is 26.6. The lowest BCUT2D eigenvalue weighted by molar-refractivity contribution is 0.669. The molecule has 2 aromatic heterocycles. The van der Waals surface area contributed by atoms with Crippen molar-refractivity contribution < 1.29 is 4.42 Å². The number of hydrogen-bond donors (Lipinski definition) is 0. The van der Waals surface area contributed by atoms with Crippen LogP contribution >= 0.6 is 0 Å². The van der Waals surface area contributed by atoms with E-state index in [4.69, 9.17) is 4.42 Å². The number of anilines is 3. The maximum atomic E-state index is 6.24. The van der Waals surface area contributed by atoms with E-state index in [0.717, 1.165) is 44.7 Å². The van der Waals surface area contributed by atoms with E-state index in [2.05, 4.69) is 179 Å². The number of rotatable bonds is 5. The van der Waals surface area contributed by atoms with Crippen LogP contribution in [-0.2, 0) is 0 Å². The molecule has 0 aliphatic heterocycles. The highest BCUT2D eigenvalue weighted by molar-refractivity contribution is 6.19. The fraction of sp³-hybridized carbons (Fsp3) is 0. The fourth-order valence-corrected chi connectivity index (χ4v) is 7.57. The van der Waals surface area contributed by atoms with Gasteiger partial charge in [-0.15, -0.1) is 0 Å². The van der Waals surface area contributed by atoms with Crippen LogP contribution < -0.4 is 4.90 Å². The van der Waals surface area contributed by atoms with Gasteiger partial charge in [-0.3, -0.25) is 0 Å². The molecule has 3 nitrogen and oxygen atoms in total. The van der Waals surface area contributed by atoms with Crippen molar-refractivity contribution in [3.8, 4) is 16.8 Å². The molecule has 8 aromatic carbocycles. The third-order valence-corrected chi connectivity index (χ3v) is 9.76. The van der Waals surface area contributed by atoms with E-state index in [1.54, 1.807) is 0 Å². The Labute approximate surface area is 283 Å². The highest BCUT2D eigenvalue weighted by atomic mass is 16.3. The van der Waals surface area contributed by atoms with Crippen LogP contribution in [0, 0.1) is 0 Å². The van der Waals surface area contributed by atoms with Gasteiger partial charge in [-0.1, -0.05) is 121 Å². The lowest BCUT2D eigenvalue weighted by Crippen LogP contribution is -2.11. The zero-order valence-electron chi connectivity index (χ0n) is 26.6. The Bertz CT molecular complexity index is 2810. The van der Waals surface area contributed by atoms with Gasteiger partial charge in [0.1, 0.15) is 11.2 Å². The van der Waals surface area contributed by atoms with Gasteiger partial charge >= 0.3 is 0 Å². The van der Waals surface area contributed by atoms with Gasteiger partial charge in [0.05, 0.1) is 16.7 Å². The van der Waals surface area contributed by atoms with Crippen molar-refractivity contribution in [1.82, 2.24) is 4.57 Å². The molecule has 230 valence electrons. The first-order valence-corrected chi connectivity index (χ1v) is 16.7. The standard InChI is InChI=1S/C46H30N2O/c1-3-12-31(13-4-1)32-22-25-35(26-23-32)47(36-27-28-37-33(30-36)24-29-44-45(37)40-17-8-10-21-43(40)49-44)42-20-11-18-39-38-16-7-9-19-41(38)48(46(39)42)34-14-5-2-6-15-34/h1-30H. The highest BCUT2D eigenvalue weighted by Crippen LogP contribution is 2.45. The van der Waals surface area contributed by atoms with Crippen molar-refractivity contribution in [2.75, 3.05) is 4.90 Å². The molecular weight excluding hydrogens is 597 g/mol. The summed E-state index contributed by atoms with van der Waals surface area (Å²) < 4.78 is 8.65. The average molecular weight is 627 g/mol. The van der Waals surface area contributed by atoms with Crippen molar-refractivity contribution in [2.24, 2.45) is 0 Å². The predicted octanol–water partition coefficient (Wildman–Crippen LogP) is 13.0. The van der Waals surface area contributed by atoms with Crippen molar-refractivity contribution in [1.29, 1.82) is 0 Å². The van der Waals surface area contributed by atoms with Crippen molar-refractivity contribution in [2.45, 2.75) is 0 Å². The molecule has 0 fully saturated rings. The van der Waals surface area contributed by atoms with Crippen molar-refractivity contribution >= 4 is 71.6 Å². The molecule has 0 spiro atoms. The monoisotopic (exact) mass is 626 g/mol. The van der Waals surface area contributed by atoms with Gasteiger partial charge < -0.3 is 13.9 Å². The smallest absolute Gasteiger partial charge is 0.136 e. The molecule has 0 saturated heterocycles. The van der Waals surface area contributed by atoms with E-state index in [0.29, 0.717) is 0 Å². The van der Waals surface area contributed by atoms with E-state index in [-0.39, 0.29) is 0 Å². The molecule has 0 bridgehead atoms. The Hall–Kier alpha value is -6.58. The molecule has 0 unspecified atom stereocenters. The molecule has 0 atom stereocenters. The molecular formula is C46H30N2O. The lowest BCUT2D eigenvalue weighted by atomic mass is 10.0. The number of nitrogens with zero attached hydrogens (tertiary/aromatic N) is 2. The number of aromatic nitrogens is 1. The van der Waals surface area contributed by atoms with Crippen LogP contribution in [0.3, 0.4) is 0 Å². The summed E-state index contributed by atoms with van der Waals surface area (Å²) in [6, 6.07) is 65.0. The van der Waals surface area contributed by atoms with Crippen LogP contribution in [0.1, 0.15) is 0 Å². The quantitative estimate of drug-likeness (QED) is 0.190. The number of fused-ring (bicyclic) bond motifs is 8.